The monoisotopic (exact) mass is 580 g/mol. The third kappa shape index (κ3) is 5.71. The van der Waals surface area contributed by atoms with Gasteiger partial charge >= 0.3 is 0 Å². The van der Waals surface area contributed by atoms with Crippen LogP contribution in [0.1, 0.15) is 24.5 Å². The number of aliphatic hydroxyl groups excluding tert-OH is 2. The molecule has 0 spiro atoms. The molecule has 0 radical (unpaired) electrons. The molecule has 0 bridgehead atoms. The van der Waals surface area contributed by atoms with Crippen LogP contribution in [-0.4, -0.2) is 70.5 Å². The number of nitrogens with one attached hydrogen (secondary N) is 1. The van der Waals surface area contributed by atoms with E-state index in [9.17, 15) is 15.0 Å². The van der Waals surface area contributed by atoms with Gasteiger partial charge in [0.05, 0.1) is 29.9 Å². The third-order valence-electron chi connectivity index (χ3n) is 7.53. The number of hydrogen-bond acceptors (Lipinski definition) is 9. The number of rotatable bonds is 8. The standard InChI is InChI=1S/C31H32N8O4/c1-19-14-22(6-9-27(19)43-24-7-8-26-25(15-24)34-18-37(26)3)36-30-28-21(10-12-39(28)35-17-33-30)4-5-23-16-38(13-11-32-23)31(42)29(41)20(2)40/h6-12,14-15,17-18,23,40-41H,4-5,13,16H2,1-3H3,(H,33,35,36)/b29-20+. The number of fused-ring (bicyclic) bond motifs is 2. The first kappa shape index (κ1) is 27.8. The molecule has 6 rings (SSSR count). The van der Waals surface area contributed by atoms with Crippen LogP contribution in [0.2, 0.25) is 0 Å². The van der Waals surface area contributed by atoms with Gasteiger partial charge in [0.1, 0.15) is 29.1 Å². The molecular weight excluding hydrogens is 548 g/mol. The number of allylic oxidation sites excluding steroid dienone is 1. The zero-order valence-corrected chi connectivity index (χ0v) is 24.1. The summed E-state index contributed by atoms with van der Waals surface area (Å²) in [5.41, 5.74) is 5.62. The summed E-state index contributed by atoms with van der Waals surface area (Å²) in [5.74, 6) is 0.491. The molecule has 1 unspecified atom stereocenters. The number of hydrogen-bond donors (Lipinski definition) is 3. The molecular formula is C31H32N8O4. The van der Waals surface area contributed by atoms with Crippen molar-refractivity contribution < 1.29 is 19.7 Å². The molecule has 1 atom stereocenters. The summed E-state index contributed by atoms with van der Waals surface area (Å²) < 4.78 is 9.93. The number of aliphatic hydroxyl groups is 2. The minimum atomic E-state index is -0.638. The molecule has 1 aliphatic heterocycles. The maximum atomic E-state index is 12.5. The first-order valence-corrected chi connectivity index (χ1v) is 13.9. The summed E-state index contributed by atoms with van der Waals surface area (Å²) in [6.45, 7) is 3.91. The Bertz CT molecular complexity index is 1890. The van der Waals surface area contributed by atoms with Crippen molar-refractivity contribution in [2.45, 2.75) is 32.7 Å². The predicted octanol–water partition coefficient (Wildman–Crippen LogP) is 5.02. The van der Waals surface area contributed by atoms with Gasteiger partial charge in [0.2, 0.25) is 5.76 Å². The van der Waals surface area contributed by atoms with E-state index in [1.165, 1.54) is 18.2 Å². The number of nitrogens with zero attached hydrogens (tertiary/aromatic N) is 7. The SMILES string of the molecule is C/C(O)=C(\O)C(=O)N1CC=NC(CCc2ccn3ncnc(Nc4ccc(Oc5ccc6c(c5)ncn6C)c(C)c4)c23)C1. The molecule has 220 valence electrons. The van der Waals surface area contributed by atoms with Gasteiger partial charge in [-0.25, -0.2) is 14.5 Å². The van der Waals surface area contributed by atoms with Gasteiger partial charge in [0, 0.05) is 37.8 Å². The van der Waals surface area contributed by atoms with Crippen molar-refractivity contribution in [3.8, 4) is 11.5 Å². The van der Waals surface area contributed by atoms with Crippen molar-refractivity contribution in [2.75, 3.05) is 18.4 Å². The van der Waals surface area contributed by atoms with Crippen LogP contribution in [0.5, 0.6) is 11.5 Å². The average molecular weight is 581 g/mol. The van der Waals surface area contributed by atoms with E-state index in [4.69, 9.17) is 4.74 Å². The van der Waals surface area contributed by atoms with Crippen molar-refractivity contribution in [1.29, 1.82) is 0 Å². The van der Waals surface area contributed by atoms with Crippen molar-refractivity contribution in [2.24, 2.45) is 12.0 Å². The first-order chi connectivity index (χ1) is 20.8. The smallest absolute Gasteiger partial charge is 0.292 e. The van der Waals surface area contributed by atoms with E-state index in [2.05, 4.69) is 25.4 Å². The van der Waals surface area contributed by atoms with Gasteiger partial charge in [-0.3, -0.25) is 9.79 Å². The number of imidazole rings is 1. The Balaban J connectivity index is 1.15. The molecule has 5 aromatic rings. The Hall–Kier alpha value is -5.39. The van der Waals surface area contributed by atoms with Gasteiger partial charge in [-0.1, -0.05) is 0 Å². The van der Waals surface area contributed by atoms with Gasteiger partial charge in [0.15, 0.2) is 5.82 Å². The number of benzene rings is 2. The Kier molecular flexibility index (Phi) is 7.41. The fraction of sp³-hybridized carbons (Fsp3) is 0.258. The van der Waals surface area contributed by atoms with E-state index in [1.54, 1.807) is 17.1 Å². The minimum absolute atomic E-state index is 0.144. The number of carbonyl (C=O) groups is 1. The van der Waals surface area contributed by atoms with Gasteiger partial charge in [0.25, 0.3) is 5.91 Å². The van der Waals surface area contributed by atoms with Crippen LogP contribution >= 0.6 is 0 Å². The van der Waals surface area contributed by atoms with Crippen molar-refractivity contribution in [1.82, 2.24) is 29.0 Å². The quantitative estimate of drug-likeness (QED) is 0.172. The van der Waals surface area contributed by atoms with Crippen LogP contribution < -0.4 is 10.1 Å². The Morgan fingerprint density at radius 3 is 2.81 bits per heavy atom. The summed E-state index contributed by atoms with van der Waals surface area (Å²) in [7, 11) is 1.96. The van der Waals surface area contributed by atoms with Crippen molar-refractivity contribution in [3.63, 3.8) is 0 Å². The maximum absolute atomic E-state index is 12.5. The fourth-order valence-corrected chi connectivity index (χ4v) is 5.23. The molecule has 0 fully saturated rings. The topological polar surface area (TPSA) is 142 Å². The molecule has 0 aliphatic carbocycles. The highest BCUT2D eigenvalue weighted by Crippen LogP contribution is 2.31. The lowest BCUT2D eigenvalue weighted by Gasteiger charge is -2.28. The summed E-state index contributed by atoms with van der Waals surface area (Å²) in [6, 6.07) is 13.6. The molecule has 4 heterocycles. The highest BCUT2D eigenvalue weighted by atomic mass is 16.5. The molecule has 1 amide bonds. The highest BCUT2D eigenvalue weighted by molar-refractivity contribution is 5.93. The lowest BCUT2D eigenvalue weighted by molar-refractivity contribution is -0.129. The van der Waals surface area contributed by atoms with E-state index in [0.717, 1.165) is 44.9 Å². The molecule has 0 saturated carbocycles. The molecule has 3 aromatic heterocycles. The minimum Gasteiger partial charge on any atom is -0.509 e. The number of aromatic nitrogens is 5. The van der Waals surface area contributed by atoms with E-state index in [-0.39, 0.29) is 12.6 Å². The van der Waals surface area contributed by atoms with Crippen molar-refractivity contribution in [3.05, 3.63) is 84.0 Å². The van der Waals surface area contributed by atoms with Crippen LogP contribution in [0.4, 0.5) is 11.5 Å². The van der Waals surface area contributed by atoms with E-state index < -0.39 is 17.4 Å². The molecule has 43 heavy (non-hydrogen) atoms. The number of carbonyl (C=O) groups excluding carboxylic acids is 1. The van der Waals surface area contributed by atoms with Gasteiger partial charge in [-0.15, -0.1) is 0 Å². The summed E-state index contributed by atoms with van der Waals surface area (Å²) in [6.07, 6.45) is 8.21. The Morgan fingerprint density at radius 1 is 1.14 bits per heavy atom. The Labute approximate surface area is 247 Å². The largest absolute Gasteiger partial charge is 0.509 e. The zero-order valence-electron chi connectivity index (χ0n) is 24.1. The number of aliphatic imine (C=N–C) groups is 1. The Morgan fingerprint density at radius 2 is 2.00 bits per heavy atom. The van der Waals surface area contributed by atoms with Gasteiger partial charge < -0.3 is 29.7 Å². The lowest BCUT2D eigenvalue weighted by Crippen LogP contribution is -2.42. The fourth-order valence-electron chi connectivity index (χ4n) is 5.23. The van der Waals surface area contributed by atoms with Gasteiger partial charge in [-0.2, -0.15) is 5.10 Å². The maximum Gasteiger partial charge on any atom is 0.292 e. The van der Waals surface area contributed by atoms with Crippen LogP contribution in [0.15, 0.2) is 77.8 Å². The first-order valence-electron chi connectivity index (χ1n) is 13.9. The number of aryl methyl sites for hydroxylation is 3. The van der Waals surface area contributed by atoms with Crippen LogP contribution in [0.25, 0.3) is 16.6 Å². The van der Waals surface area contributed by atoms with Crippen LogP contribution in [-0.2, 0) is 18.3 Å². The molecule has 12 heteroatoms. The lowest BCUT2D eigenvalue weighted by atomic mass is 10.0. The number of ether oxygens (including phenoxy) is 1. The van der Waals surface area contributed by atoms with Crippen LogP contribution in [0, 0.1) is 6.92 Å². The second kappa shape index (κ2) is 11.5. The summed E-state index contributed by atoms with van der Waals surface area (Å²) >= 11 is 0. The van der Waals surface area contributed by atoms with Crippen molar-refractivity contribution >= 4 is 40.2 Å². The van der Waals surface area contributed by atoms with Gasteiger partial charge in [-0.05, 0) is 74.2 Å². The normalized spacial score (nSPS) is 15.6. The predicted molar refractivity (Wildman–Crippen MR) is 163 cm³/mol. The zero-order chi connectivity index (χ0) is 30.1. The van der Waals surface area contributed by atoms with E-state index in [0.29, 0.717) is 25.2 Å². The number of amides is 1. The highest BCUT2D eigenvalue weighted by Gasteiger charge is 2.25. The summed E-state index contributed by atoms with van der Waals surface area (Å²) in [5, 5.41) is 27.2. The molecule has 3 N–H and O–H groups in total. The molecule has 12 nitrogen and oxygen atoms in total. The van der Waals surface area contributed by atoms with Crippen LogP contribution in [0.3, 0.4) is 0 Å². The molecule has 0 saturated heterocycles. The number of anilines is 2. The summed E-state index contributed by atoms with van der Waals surface area (Å²) in [4.78, 5) is 27.4. The van der Waals surface area contributed by atoms with E-state index in [1.807, 2.05) is 67.2 Å². The second-order valence-corrected chi connectivity index (χ2v) is 10.6. The second-order valence-electron chi connectivity index (χ2n) is 10.6. The van der Waals surface area contributed by atoms with E-state index >= 15 is 0 Å². The average Bonchev–Trinajstić information content (AvgIpc) is 3.60. The third-order valence-corrected chi connectivity index (χ3v) is 7.53. The molecule has 2 aromatic carbocycles. The molecule has 1 aliphatic rings.